The Morgan fingerprint density at radius 1 is 1.16 bits per heavy atom. The molecule has 4 rings (SSSR count). The van der Waals surface area contributed by atoms with Crippen molar-refractivity contribution in [2.24, 2.45) is 5.92 Å². The Bertz CT molecular complexity index is 1090. The highest BCUT2D eigenvalue weighted by Crippen LogP contribution is 2.35. The minimum atomic E-state index is -0.234. The van der Waals surface area contributed by atoms with Crippen LogP contribution in [0.2, 0.25) is 0 Å². The molecule has 1 atom stereocenters. The summed E-state index contributed by atoms with van der Waals surface area (Å²) in [6.07, 6.45) is 5.49. The number of likely N-dealkylation sites (N-methyl/N-ethyl adjacent to an activating group) is 1. The van der Waals surface area contributed by atoms with E-state index in [0.717, 1.165) is 46.7 Å². The molecule has 7 heteroatoms. The molecule has 0 bridgehead atoms. The van der Waals surface area contributed by atoms with E-state index >= 15 is 0 Å². The summed E-state index contributed by atoms with van der Waals surface area (Å²) in [6.45, 7) is 6.67. The number of amides is 1. The average molecular weight is 438 g/mol. The molecule has 0 aliphatic carbocycles. The predicted octanol–water partition coefficient (Wildman–Crippen LogP) is 4.61. The number of rotatable bonds is 6. The number of aromatic nitrogens is 3. The number of anilines is 2. The van der Waals surface area contributed by atoms with Crippen LogP contribution in [0.1, 0.15) is 43.8 Å². The highest BCUT2D eigenvalue weighted by Gasteiger charge is 2.34. The molecule has 170 valence electrons. The van der Waals surface area contributed by atoms with Crippen molar-refractivity contribution in [1.82, 2.24) is 14.8 Å². The maximum Gasteiger partial charge on any atom is 0.247 e. The smallest absolute Gasteiger partial charge is 0.247 e. The van der Waals surface area contributed by atoms with Crippen LogP contribution in [0.25, 0.3) is 0 Å². The minimum absolute atomic E-state index is 0. The quantitative estimate of drug-likeness (QED) is 0.612. The van der Waals surface area contributed by atoms with Gasteiger partial charge in [0.2, 0.25) is 5.91 Å². The first-order chi connectivity index (χ1) is 14.8. The van der Waals surface area contributed by atoms with Crippen molar-refractivity contribution in [2.45, 2.75) is 53.6 Å². The number of carbonyl (C=O) groups is 1. The van der Waals surface area contributed by atoms with Gasteiger partial charge >= 0.3 is 0 Å². The largest absolute Gasteiger partial charge is 0.361 e. The van der Waals surface area contributed by atoms with Crippen molar-refractivity contribution in [3.63, 3.8) is 0 Å². The topological polar surface area (TPSA) is 63.1 Å². The number of nitrogens with one attached hydrogen (secondary N) is 1. The summed E-state index contributed by atoms with van der Waals surface area (Å²) in [5.41, 5.74) is 5.79. The van der Waals surface area contributed by atoms with Gasteiger partial charge in [-0.15, -0.1) is 0 Å². The van der Waals surface area contributed by atoms with Crippen LogP contribution in [0.3, 0.4) is 0 Å². The second-order valence-electron chi connectivity index (χ2n) is 8.55. The molecular weight excluding hydrogens is 405 g/mol. The average Bonchev–Trinajstić information content (AvgIpc) is 3.16. The van der Waals surface area contributed by atoms with E-state index in [9.17, 15) is 9.18 Å². The van der Waals surface area contributed by atoms with Crippen LogP contribution in [0, 0.1) is 18.7 Å². The number of nitrogens with zero attached hydrogens (tertiary/aromatic N) is 4. The SMILES string of the molecule is C.Cc1nc(CCc2cnn(Cc3ccc(F)cc3)c2)cc2c1NC(=O)[C@H](C(C)C)N2C. The van der Waals surface area contributed by atoms with Crippen molar-refractivity contribution < 1.29 is 9.18 Å². The molecule has 0 fully saturated rings. The highest BCUT2D eigenvalue weighted by atomic mass is 19.1. The number of fused-ring (bicyclic) bond motifs is 1. The van der Waals surface area contributed by atoms with E-state index in [1.807, 2.05) is 31.0 Å². The Hall–Kier alpha value is -3.22. The maximum atomic E-state index is 13.1. The van der Waals surface area contributed by atoms with E-state index in [-0.39, 0.29) is 31.1 Å². The summed E-state index contributed by atoms with van der Waals surface area (Å²) in [4.78, 5) is 19.3. The number of halogens is 1. The molecule has 1 amide bonds. The van der Waals surface area contributed by atoms with E-state index in [2.05, 4.69) is 35.2 Å². The van der Waals surface area contributed by atoms with Crippen LogP contribution in [0.15, 0.2) is 42.7 Å². The van der Waals surface area contributed by atoms with Gasteiger partial charge in [0.15, 0.2) is 0 Å². The monoisotopic (exact) mass is 437 g/mol. The Morgan fingerprint density at radius 3 is 2.56 bits per heavy atom. The second-order valence-corrected chi connectivity index (χ2v) is 8.55. The van der Waals surface area contributed by atoms with Crippen LogP contribution in [-0.2, 0) is 24.2 Å². The van der Waals surface area contributed by atoms with Crippen molar-refractivity contribution in [1.29, 1.82) is 0 Å². The van der Waals surface area contributed by atoms with Gasteiger partial charge in [0.1, 0.15) is 11.9 Å². The molecular formula is C25H32FN5O. The fraction of sp³-hybridized carbons (Fsp3) is 0.400. The van der Waals surface area contributed by atoms with Crippen LogP contribution in [0.4, 0.5) is 15.8 Å². The molecule has 1 aliphatic heterocycles. The molecule has 0 unspecified atom stereocenters. The van der Waals surface area contributed by atoms with Gasteiger partial charge in [-0.3, -0.25) is 14.5 Å². The van der Waals surface area contributed by atoms with Gasteiger partial charge in [0, 0.05) is 18.9 Å². The van der Waals surface area contributed by atoms with Gasteiger partial charge in [-0.05, 0) is 55.0 Å². The summed E-state index contributed by atoms with van der Waals surface area (Å²) in [7, 11) is 1.98. The third-order valence-corrected chi connectivity index (χ3v) is 5.79. The Balaban J connectivity index is 0.00000289. The molecule has 1 N–H and O–H groups in total. The van der Waals surface area contributed by atoms with E-state index in [1.165, 1.54) is 12.1 Å². The number of carbonyl (C=O) groups excluding carboxylic acids is 1. The lowest BCUT2D eigenvalue weighted by Crippen LogP contribution is -2.49. The molecule has 6 nitrogen and oxygen atoms in total. The number of hydrogen-bond donors (Lipinski definition) is 1. The summed E-state index contributed by atoms with van der Waals surface area (Å²) >= 11 is 0. The zero-order valence-corrected chi connectivity index (χ0v) is 18.4. The van der Waals surface area contributed by atoms with Crippen LogP contribution in [0.5, 0.6) is 0 Å². The first-order valence-corrected chi connectivity index (χ1v) is 10.6. The third kappa shape index (κ3) is 4.82. The molecule has 3 heterocycles. The highest BCUT2D eigenvalue weighted by molar-refractivity contribution is 6.04. The van der Waals surface area contributed by atoms with Gasteiger partial charge < -0.3 is 10.2 Å². The van der Waals surface area contributed by atoms with Crippen molar-refractivity contribution in [3.05, 3.63) is 71.1 Å². The standard InChI is InChI=1S/C24H28FN5O.CH4/c1-15(2)23-24(31)28-22-16(3)27-20(11-21(22)29(23)4)10-7-18-12-26-30(14-18)13-17-5-8-19(25)9-6-17;/h5-6,8-9,11-12,14-15,23H,7,10,13H2,1-4H3,(H,28,31);1H4/t23-;/m0./s1. The van der Waals surface area contributed by atoms with Crippen LogP contribution in [-0.4, -0.2) is 33.8 Å². The van der Waals surface area contributed by atoms with E-state index in [1.54, 1.807) is 12.1 Å². The van der Waals surface area contributed by atoms with Gasteiger partial charge in [-0.1, -0.05) is 33.4 Å². The van der Waals surface area contributed by atoms with Crippen LogP contribution < -0.4 is 10.2 Å². The second kappa shape index (κ2) is 9.51. The zero-order valence-electron chi connectivity index (χ0n) is 18.4. The first-order valence-electron chi connectivity index (χ1n) is 10.6. The summed E-state index contributed by atoms with van der Waals surface area (Å²) < 4.78 is 14.9. The summed E-state index contributed by atoms with van der Waals surface area (Å²) in [5, 5.41) is 7.47. The van der Waals surface area contributed by atoms with Crippen molar-refractivity contribution >= 4 is 17.3 Å². The number of pyridine rings is 1. The number of hydrogen-bond acceptors (Lipinski definition) is 4. The Kier molecular flexibility index (Phi) is 6.96. The molecule has 0 saturated heterocycles. The number of benzene rings is 1. The molecule has 0 spiro atoms. The molecule has 0 saturated carbocycles. The molecule has 3 aromatic rings. The molecule has 0 radical (unpaired) electrons. The van der Waals surface area contributed by atoms with Crippen molar-refractivity contribution in [3.8, 4) is 0 Å². The van der Waals surface area contributed by atoms with Crippen LogP contribution >= 0.6 is 0 Å². The van der Waals surface area contributed by atoms with Gasteiger partial charge in [0.25, 0.3) is 0 Å². The fourth-order valence-corrected chi connectivity index (χ4v) is 4.22. The van der Waals surface area contributed by atoms with Gasteiger partial charge in [-0.2, -0.15) is 5.10 Å². The molecule has 32 heavy (non-hydrogen) atoms. The Labute approximate surface area is 189 Å². The van der Waals surface area contributed by atoms with E-state index in [4.69, 9.17) is 4.98 Å². The molecule has 1 aromatic carbocycles. The van der Waals surface area contributed by atoms with Gasteiger partial charge in [-0.25, -0.2) is 4.39 Å². The lowest BCUT2D eigenvalue weighted by atomic mass is 9.97. The summed E-state index contributed by atoms with van der Waals surface area (Å²) in [6, 6.07) is 8.37. The summed E-state index contributed by atoms with van der Waals surface area (Å²) in [5.74, 6) is 0.000842. The molecule has 2 aromatic heterocycles. The maximum absolute atomic E-state index is 13.1. The fourth-order valence-electron chi connectivity index (χ4n) is 4.22. The predicted molar refractivity (Wildman–Crippen MR) is 127 cm³/mol. The Morgan fingerprint density at radius 2 is 1.88 bits per heavy atom. The van der Waals surface area contributed by atoms with Gasteiger partial charge in [0.05, 0.1) is 29.8 Å². The van der Waals surface area contributed by atoms with E-state index in [0.29, 0.717) is 6.54 Å². The third-order valence-electron chi connectivity index (χ3n) is 5.79. The zero-order chi connectivity index (χ0) is 22.1. The lowest BCUT2D eigenvalue weighted by Gasteiger charge is -2.38. The minimum Gasteiger partial charge on any atom is -0.361 e. The lowest BCUT2D eigenvalue weighted by molar-refractivity contribution is -0.118. The first kappa shape index (κ1) is 23.4. The van der Waals surface area contributed by atoms with E-state index < -0.39 is 0 Å². The number of aryl methyl sites for hydroxylation is 3. The molecule has 1 aliphatic rings. The van der Waals surface area contributed by atoms with Crippen molar-refractivity contribution in [2.75, 3.05) is 17.3 Å². The normalized spacial score (nSPS) is 15.4.